The van der Waals surface area contributed by atoms with Gasteiger partial charge in [-0.1, -0.05) is 13.8 Å². The molecule has 0 amide bonds. The summed E-state index contributed by atoms with van der Waals surface area (Å²) in [6.07, 6.45) is -4.43. The van der Waals surface area contributed by atoms with Crippen LogP contribution in [0.1, 0.15) is 78.6 Å². The Morgan fingerprint density at radius 1 is 0.833 bits per heavy atom. The largest absolute Gasteiger partial charge is 0.458 e. The van der Waals surface area contributed by atoms with E-state index in [0.717, 1.165) is 56.9 Å². The number of ether oxygens (including phenoxy) is 5. The minimum absolute atomic E-state index is 0.0118. The van der Waals surface area contributed by atoms with E-state index < -0.39 is 73.6 Å². The minimum atomic E-state index is -1.63. The highest BCUT2D eigenvalue weighted by atomic mass is 16.7. The third-order valence-corrected chi connectivity index (χ3v) is 14.2. The first-order chi connectivity index (χ1) is 22.7. The molecule has 272 valence electrons. The van der Waals surface area contributed by atoms with Gasteiger partial charge >= 0.3 is 5.97 Å². The summed E-state index contributed by atoms with van der Waals surface area (Å²) in [4.78, 5) is 11.9. The van der Waals surface area contributed by atoms with Crippen molar-refractivity contribution in [1.82, 2.24) is 0 Å². The number of cyclic esters (lactones) is 1. The van der Waals surface area contributed by atoms with Gasteiger partial charge in [0.2, 0.25) is 0 Å². The van der Waals surface area contributed by atoms with Crippen LogP contribution in [0.25, 0.3) is 0 Å². The Hall–Kier alpha value is -1.23. The van der Waals surface area contributed by atoms with E-state index in [4.69, 9.17) is 23.7 Å². The first-order valence-corrected chi connectivity index (χ1v) is 17.9. The van der Waals surface area contributed by atoms with Crippen molar-refractivity contribution < 1.29 is 64.2 Å². The Bertz CT molecular complexity index is 1240. The van der Waals surface area contributed by atoms with Crippen molar-refractivity contribution >= 4 is 5.97 Å². The lowest BCUT2D eigenvalue weighted by Gasteiger charge is -2.64. The smallest absolute Gasteiger partial charge is 0.331 e. The standard InChI is InChI=1S/C35H54O13/c1-16-25(38)26(39)28(41)31(45-16)48-30-23(14-36)47-32(29(42)27(30)40)46-19-6-9-33(2)18(13-19)4-5-22-21(33)7-10-34(3)20(8-11-35(22,34)43)17-12-24(37)44-15-17/h12,16,18-23,25-32,36,38-43H,4-11,13-15H2,1-3H3. The fourth-order valence-corrected chi connectivity index (χ4v) is 11.3. The van der Waals surface area contributed by atoms with Crippen LogP contribution in [0.3, 0.4) is 0 Å². The van der Waals surface area contributed by atoms with Crippen LogP contribution in [0.15, 0.2) is 11.6 Å². The highest BCUT2D eigenvalue weighted by Gasteiger charge is 2.68. The molecule has 0 spiro atoms. The topological polar surface area (TPSA) is 205 Å². The van der Waals surface area contributed by atoms with Crippen LogP contribution in [-0.2, 0) is 28.5 Å². The predicted molar refractivity (Wildman–Crippen MR) is 166 cm³/mol. The number of carbonyl (C=O) groups is 1. The zero-order chi connectivity index (χ0) is 34.3. The molecule has 0 aromatic carbocycles. The lowest BCUT2D eigenvalue weighted by molar-refractivity contribution is -0.361. The molecule has 6 fully saturated rings. The zero-order valence-electron chi connectivity index (χ0n) is 28.1. The van der Waals surface area contributed by atoms with Crippen molar-refractivity contribution in [2.24, 2.45) is 34.5 Å². The number of rotatable bonds is 6. The SMILES string of the molecule is CC1OC(OC2C(CO)OC(OC3CCC4(C)C(CCC5C4CCC4(C)C(C6=CC(=O)OC6)CCC54O)C3)C(O)C2O)C(O)C(O)C1O. The van der Waals surface area contributed by atoms with Gasteiger partial charge in [-0.15, -0.1) is 0 Å². The average Bonchev–Trinajstić information content (AvgIpc) is 3.61. The fraction of sp³-hybridized carbons (Fsp3) is 0.914. The van der Waals surface area contributed by atoms with Gasteiger partial charge in [0.05, 0.1) is 24.4 Å². The van der Waals surface area contributed by atoms with Crippen LogP contribution in [0.5, 0.6) is 0 Å². The second-order valence-corrected chi connectivity index (χ2v) is 16.3. The molecule has 18 unspecified atom stereocenters. The first kappa shape index (κ1) is 35.2. The number of carbonyl (C=O) groups excluding carboxylic acids is 1. The maximum absolute atomic E-state index is 12.5. The summed E-state index contributed by atoms with van der Waals surface area (Å²) < 4.78 is 28.8. The molecule has 13 heteroatoms. The van der Waals surface area contributed by atoms with Gasteiger partial charge in [0.25, 0.3) is 0 Å². The molecule has 7 aliphatic rings. The summed E-state index contributed by atoms with van der Waals surface area (Å²) in [6.45, 7) is 5.85. The van der Waals surface area contributed by atoms with Gasteiger partial charge in [-0.3, -0.25) is 0 Å². The van der Waals surface area contributed by atoms with Crippen LogP contribution in [0.4, 0.5) is 0 Å². The Kier molecular flexibility index (Phi) is 9.36. The molecule has 0 radical (unpaired) electrons. The van der Waals surface area contributed by atoms with Crippen molar-refractivity contribution in [3.63, 3.8) is 0 Å². The molecule has 2 saturated heterocycles. The van der Waals surface area contributed by atoms with Crippen LogP contribution >= 0.6 is 0 Å². The van der Waals surface area contributed by atoms with Crippen molar-refractivity contribution in [1.29, 1.82) is 0 Å². The molecule has 18 atom stereocenters. The first-order valence-electron chi connectivity index (χ1n) is 17.9. The molecule has 3 heterocycles. The van der Waals surface area contributed by atoms with Gasteiger partial charge in [-0.25, -0.2) is 4.79 Å². The van der Waals surface area contributed by atoms with Gasteiger partial charge in [0.1, 0.15) is 49.3 Å². The third kappa shape index (κ3) is 5.42. The van der Waals surface area contributed by atoms with Crippen LogP contribution in [-0.4, -0.2) is 128 Å². The van der Waals surface area contributed by atoms with E-state index in [1.165, 1.54) is 6.92 Å². The second-order valence-electron chi connectivity index (χ2n) is 16.3. The average molecular weight is 683 g/mol. The summed E-state index contributed by atoms with van der Waals surface area (Å²) in [5, 5.41) is 75.3. The van der Waals surface area contributed by atoms with Crippen LogP contribution in [0, 0.1) is 34.5 Å². The fourth-order valence-electron chi connectivity index (χ4n) is 11.3. The molecule has 0 aromatic heterocycles. The summed E-state index contributed by atoms with van der Waals surface area (Å²) in [6, 6.07) is 0. The third-order valence-electron chi connectivity index (χ3n) is 14.2. The Morgan fingerprint density at radius 2 is 1.56 bits per heavy atom. The van der Waals surface area contributed by atoms with E-state index in [2.05, 4.69) is 13.8 Å². The maximum Gasteiger partial charge on any atom is 0.331 e. The minimum Gasteiger partial charge on any atom is -0.458 e. The highest BCUT2D eigenvalue weighted by Crippen LogP contribution is 2.70. The van der Waals surface area contributed by atoms with E-state index >= 15 is 0 Å². The molecular formula is C35H54O13. The molecular weight excluding hydrogens is 628 g/mol. The van der Waals surface area contributed by atoms with E-state index in [1.54, 1.807) is 6.08 Å². The van der Waals surface area contributed by atoms with Gasteiger partial charge in [-0.2, -0.15) is 0 Å². The number of hydrogen-bond acceptors (Lipinski definition) is 13. The van der Waals surface area contributed by atoms with Crippen molar-refractivity contribution in [3.05, 3.63) is 11.6 Å². The Balaban J connectivity index is 0.992. The Morgan fingerprint density at radius 3 is 2.27 bits per heavy atom. The Labute approximate surface area is 281 Å². The molecule has 13 nitrogen and oxygen atoms in total. The van der Waals surface area contributed by atoms with Crippen molar-refractivity contribution in [3.8, 4) is 0 Å². The number of fused-ring (bicyclic) bond motifs is 5. The molecule has 0 aromatic rings. The van der Waals surface area contributed by atoms with Crippen molar-refractivity contribution in [2.45, 2.75) is 152 Å². The summed E-state index contributed by atoms with van der Waals surface area (Å²) in [5.41, 5.74) is -0.0475. The van der Waals surface area contributed by atoms with E-state index in [-0.39, 0.29) is 34.7 Å². The van der Waals surface area contributed by atoms with E-state index in [0.29, 0.717) is 24.9 Å². The van der Waals surface area contributed by atoms with Crippen LogP contribution < -0.4 is 0 Å². The zero-order valence-corrected chi connectivity index (χ0v) is 28.1. The van der Waals surface area contributed by atoms with Crippen LogP contribution in [0.2, 0.25) is 0 Å². The van der Waals surface area contributed by atoms with E-state index in [1.807, 2.05) is 0 Å². The lowest BCUT2D eigenvalue weighted by Crippen LogP contribution is -2.64. The van der Waals surface area contributed by atoms with Gasteiger partial charge in [0.15, 0.2) is 12.6 Å². The van der Waals surface area contributed by atoms with Gasteiger partial charge in [-0.05, 0) is 99.4 Å². The molecule has 0 bridgehead atoms. The monoisotopic (exact) mass is 682 g/mol. The lowest BCUT2D eigenvalue weighted by atomic mass is 9.43. The van der Waals surface area contributed by atoms with Gasteiger partial charge in [0, 0.05) is 11.5 Å². The van der Waals surface area contributed by atoms with Crippen molar-refractivity contribution in [2.75, 3.05) is 13.2 Å². The molecule has 4 aliphatic carbocycles. The number of hydrogen-bond donors (Lipinski definition) is 7. The highest BCUT2D eigenvalue weighted by molar-refractivity contribution is 5.85. The number of aliphatic hydroxyl groups is 7. The summed E-state index contributed by atoms with van der Waals surface area (Å²) >= 11 is 0. The van der Waals surface area contributed by atoms with E-state index in [9.17, 15) is 40.5 Å². The molecule has 3 aliphatic heterocycles. The molecule has 7 N–H and O–H groups in total. The quantitative estimate of drug-likeness (QED) is 0.149. The summed E-state index contributed by atoms with van der Waals surface area (Å²) in [7, 11) is 0. The summed E-state index contributed by atoms with van der Waals surface area (Å²) in [5.74, 6) is 0.752. The molecule has 48 heavy (non-hydrogen) atoms. The maximum atomic E-state index is 12.5. The molecule has 7 rings (SSSR count). The predicted octanol–water partition coefficient (Wildman–Crippen LogP) is 0.280. The number of aliphatic hydroxyl groups excluding tert-OH is 6. The van der Waals surface area contributed by atoms with Gasteiger partial charge < -0.3 is 59.4 Å². The molecule has 4 saturated carbocycles. The normalized spacial score (nSPS) is 55.3. The number of esters is 1. The second kappa shape index (κ2) is 12.8.